The second-order valence-corrected chi connectivity index (χ2v) is 5.71. The third kappa shape index (κ3) is 3.10. The van der Waals surface area contributed by atoms with E-state index in [1.807, 2.05) is 18.2 Å². The number of hydrogen-bond donors (Lipinski definition) is 0. The fourth-order valence-corrected chi connectivity index (χ4v) is 3.24. The van der Waals surface area contributed by atoms with E-state index >= 15 is 0 Å². The van der Waals surface area contributed by atoms with E-state index in [9.17, 15) is 9.59 Å². The van der Waals surface area contributed by atoms with Gasteiger partial charge in [-0.2, -0.15) is 4.99 Å². The zero-order valence-electron chi connectivity index (χ0n) is 10.3. The van der Waals surface area contributed by atoms with Crippen molar-refractivity contribution in [3.63, 3.8) is 0 Å². The number of benzene rings is 1. The number of aromatic nitrogens is 1. The minimum absolute atomic E-state index is 0.0320. The molecular weight excluding hydrogens is 332 g/mol. The number of carbonyl (C=O) groups is 2. The second-order valence-electron chi connectivity index (χ2n) is 3.79. The molecule has 0 fully saturated rings. The fourth-order valence-electron chi connectivity index (χ4n) is 1.61. The molecule has 0 saturated heterocycles. The summed E-state index contributed by atoms with van der Waals surface area (Å²) in [5, 5.41) is 0. The van der Waals surface area contributed by atoms with Gasteiger partial charge in [-0.1, -0.05) is 27.3 Å². The summed E-state index contributed by atoms with van der Waals surface area (Å²) in [4.78, 5) is 27.0. The lowest BCUT2D eigenvalue weighted by Crippen LogP contribution is -2.22. The predicted octanol–water partition coefficient (Wildman–Crippen LogP) is 2.09. The van der Waals surface area contributed by atoms with Gasteiger partial charge in [0.15, 0.2) is 4.80 Å². The van der Waals surface area contributed by atoms with Crippen molar-refractivity contribution in [3.05, 3.63) is 27.5 Å². The first-order valence-electron chi connectivity index (χ1n) is 5.42. The topological polar surface area (TPSA) is 60.7 Å². The normalized spacial score (nSPS) is 11.8. The Hall–Kier alpha value is -1.47. The summed E-state index contributed by atoms with van der Waals surface area (Å²) < 4.78 is 8.22. The molecule has 0 aliphatic carbocycles. The van der Waals surface area contributed by atoms with Crippen LogP contribution in [0, 0.1) is 0 Å². The molecule has 0 aliphatic heterocycles. The molecule has 1 heterocycles. The fraction of sp³-hybridized carbons (Fsp3) is 0.250. The summed E-state index contributed by atoms with van der Waals surface area (Å²) in [6.07, 6.45) is 0. The van der Waals surface area contributed by atoms with Gasteiger partial charge in [-0.15, -0.1) is 0 Å². The molecule has 7 heteroatoms. The van der Waals surface area contributed by atoms with Crippen molar-refractivity contribution in [2.75, 3.05) is 7.11 Å². The number of hydrogen-bond acceptors (Lipinski definition) is 4. The van der Waals surface area contributed by atoms with Crippen molar-refractivity contribution < 1.29 is 14.3 Å². The number of esters is 1. The Morgan fingerprint density at radius 3 is 2.84 bits per heavy atom. The van der Waals surface area contributed by atoms with E-state index in [-0.39, 0.29) is 18.4 Å². The smallest absolute Gasteiger partial charge is 0.325 e. The lowest BCUT2D eigenvalue weighted by atomic mass is 10.3. The van der Waals surface area contributed by atoms with Crippen LogP contribution >= 0.6 is 27.3 Å². The highest BCUT2D eigenvalue weighted by Gasteiger charge is 2.11. The summed E-state index contributed by atoms with van der Waals surface area (Å²) in [6, 6.07) is 5.67. The van der Waals surface area contributed by atoms with E-state index in [1.165, 1.54) is 25.4 Å². The standard InChI is InChI=1S/C12H11BrN2O3S/c1-7(16)14-12-15(6-11(17)18-2)9-4-3-8(13)5-10(9)19-12/h3-5H,6H2,1-2H3. The van der Waals surface area contributed by atoms with Crippen LogP contribution in [0.15, 0.2) is 27.7 Å². The van der Waals surface area contributed by atoms with Crippen molar-refractivity contribution in [3.8, 4) is 0 Å². The molecule has 0 bridgehead atoms. The Kier molecular flexibility index (Phi) is 4.16. The maximum atomic E-state index is 11.5. The van der Waals surface area contributed by atoms with Gasteiger partial charge in [0.25, 0.3) is 0 Å². The molecule has 0 spiro atoms. The highest BCUT2D eigenvalue weighted by molar-refractivity contribution is 9.10. The lowest BCUT2D eigenvalue weighted by molar-refractivity contribution is -0.141. The Morgan fingerprint density at radius 1 is 1.47 bits per heavy atom. The molecule has 5 nitrogen and oxygen atoms in total. The molecule has 2 aromatic rings. The summed E-state index contributed by atoms with van der Waals surface area (Å²) >= 11 is 4.75. The molecule has 0 N–H and O–H groups in total. The minimum atomic E-state index is -0.382. The summed E-state index contributed by atoms with van der Waals surface area (Å²) in [5.74, 6) is -0.683. The maximum absolute atomic E-state index is 11.5. The number of carbonyl (C=O) groups excluding carboxylic acids is 2. The largest absolute Gasteiger partial charge is 0.468 e. The van der Waals surface area contributed by atoms with Gasteiger partial charge in [0, 0.05) is 11.4 Å². The highest BCUT2D eigenvalue weighted by Crippen LogP contribution is 2.22. The Labute approximate surface area is 121 Å². The Morgan fingerprint density at radius 2 is 2.21 bits per heavy atom. The SMILES string of the molecule is COC(=O)Cn1c(=NC(C)=O)sc2cc(Br)ccc21. The molecule has 1 amide bonds. The third-order valence-corrected chi connectivity index (χ3v) is 3.95. The van der Waals surface area contributed by atoms with Crippen LogP contribution in [0.1, 0.15) is 6.92 Å². The highest BCUT2D eigenvalue weighted by atomic mass is 79.9. The number of nitrogens with zero attached hydrogens (tertiary/aromatic N) is 2. The monoisotopic (exact) mass is 342 g/mol. The van der Waals surface area contributed by atoms with Crippen molar-refractivity contribution in [1.82, 2.24) is 4.57 Å². The zero-order chi connectivity index (χ0) is 14.0. The molecular formula is C12H11BrN2O3S. The lowest BCUT2D eigenvalue weighted by Gasteiger charge is -2.03. The molecule has 1 aromatic carbocycles. The van der Waals surface area contributed by atoms with Crippen LogP contribution in [-0.2, 0) is 20.9 Å². The molecule has 0 atom stereocenters. The molecule has 0 radical (unpaired) electrons. The number of ether oxygens (including phenoxy) is 1. The minimum Gasteiger partial charge on any atom is -0.468 e. The van der Waals surface area contributed by atoms with Gasteiger partial charge in [-0.25, -0.2) is 0 Å². The molecule has 0 aliphatic rings. The van der Waals surface area contributed by atoms with Crippen LogP contribution in [0.25, 0.3) is 10.2 Å². The Bertz CT molecular complexity index is 717. The van der Waals surface area contributed by atoms with Gasteiger partial charge in [-0.05, 0) is 18.2 Å². The number of halogens is 1. The average molecular weight is 343 g/mol. The number of methoxy groups -OCH3 is 1. The summed E-state index contributed by atoms with van der Waals surface area (Å²) in [7, 11) is 1.33. The van der Waals surface area contributed by atoms with Gasteiger partial charge in [0.05, 0.1) is 17.3 Å². The number of rotatable bonds is 2. The number of thiazole rings is 1. The van der Waals surface area contributed by atoms with Crippen LogP contribution < -0.4 is 4.80 Å². The maximum Gasteiger partial charge on any atom is 0.325 e. The van der Waals surface area contributed by atoms with Crippen molar-refractivity contribution in [2.24, 2.45) is 4.99 Å². The number of amides is 1. The molecule has 100 valence electrons. The molecule has 0 saturated carbocycles. The second kappa shape index (κ2) is 5.66. The molecule has 19 heavy (non-hydrogen) atoms. The van der Waals surface area contributed by atoms with E-state index in [1.54, 1.807) is 4.57 Å². The first kappa shape index (κ1) is 14.0. The van der Waals surface area contributed by atoms with Gasteiger partial charge in [-0.3, -0.25) is 9.59 Å². The van der Waals surface area contributed by atoms with Crippen LogP contribution in [0.4, 0.5) is 0 Å². The van der Waals surface area contributed by atoms with Gasteiger partial charge >= 0.3 is 5.97 Å². The van der Waals surface area contributed by atoms with Crippen molar-refractivity contribution >= 4 is 49.4 Å². The molecule has 0 unspecified atom stereocenters. The van der Waals surface area contributed by atoms with E-state index < -0.39 is 0 Å². The van der Waals surface area contributed by atoms with Crippen LogP contribution in [0.2, 0.25) is 0 Å². The zero-order valence-corrected chi connectivity index (χ0v) is 12.7. The van der Waals surface area contributed by atoms with E-state index in [4.69, 9.17) is 0 Å². The summed E-state index contributed by atoms with van der Waals surface area (Å²) in [5.41, 5.74) is 0.846. The van der Waals surface area contributed by atoms with E-state index in [0.29, 0.717) is 4.80 Å². The van der Waals surface area contributed by atoms with E-state index in [0.717, 1.165) is 14.7 Å². The summed E-state index contributed by atoms with van der Waals surface area (Å²) in [6.45, 7) is 1.41. The third-order valence-electron chi connectivity index (χ3n) is 2.41. The number of fused-ring (bicyclic) bond motifs is 1. The predicted molar refractivity (Wildman–Crippen MR) is 75.8 cm³/mol. The molecule has 2 rings (SSSR count). The Balaban J connectivity index is 2.68. The average Bonchev–Trinajstić information content (AvgIpc) is 2.65. The van der Waals surface area contributed by atoms with Crippen LogP contribution in [0.5, 0.6) is 0 Å². The van der Waals surface area contributed by atoms with Gasteiger partial charge < -0.3 is 9.30 Å². The van der Waals surface area contributed by atoms with Gasteiger partial charge in [0.2, 0.25) is 5.91 Å². The van der Waals surface area contributed by atoms with Crippen molar-refractivity contribution in [1.29, 1.82) is 0 Å². The van der Waals surface area contributed by atoms with Crippen LogP contribution in [0.3, 0.4) is 0 Å². The first-order chi connectivity index (χ1) is 9.01. The van der Waals surface area contributed by atoms with Crippen molar-refractivity contribution in [2.45, 2.75) is 13.5 Å². The van der Waals surface area contributed by atoms with Crippen LogP contribution in [-0.4, -0.2) is 23.6 Å². The van der Waals surface area contributed by atoms with E-state index in [2.05, 4.69) is 25.7 Å². The molecule has 1 aromatic heterocycles. The quantitative estimate of drug-likeness (QED) is 0.785. The van der Waals surface area contributed by atoms with Gasteiger partial charge in [0.1, 0.15) is 6.54 Å². The first-order valence-corrected chi connectivity index (χ1v) is 7.03.